The Kier molecular flexibility index (Phi) is 6.75. The van der Waals surface area contributed by atoms with E-state index in [0.717, 1.165) is 39.3 Å². The van der Waals surface area contributed by atoms with E-state index in [4.69, 9.17) is 9.84 Å². The summed E-state index contributed by atoms with van der Waals surface area (Å²) in [5.41, 5.74) is 0.444. The Balaban J connectivity index is 1.86. The first-order valence-electron chi connectivity index (χ1n) is 8.38. The predicted octanol–water partition coefficient (Wildman–Crippen LogP) is 1.63. The summed E-state index contributed by atoms with van der Waals surface area (Å²) in [6.07, 6.45) is 7.71. The lowest BCUT2D eigenvalue weighted by molar-refractivity contribution is 0.00651. The van der Waals surface area contributed by atoms with Crippen molar-refractivity contribution in [2.24, 2.45) is 5.41 Å². The largest absolute Gasteiger partial charge is 0.396 e. The molecular formula is C16H32N2O2. The highest BCUT2D eigenvalue weighted by Crippen LogP contribution is 2.36. The van der Waals surface area contributed by atoms with Crippen LogP contribution in [0.5, 0.6) is 0 Å². The van der Waals surface area contributed by atoms with E-state index >= 15 is 0 Å². The van der Waals surface area contributed by atoms with Crippen molar-refractivity contribution < 1.29 is 9.84 Å². The van der Waals surface area contributed by atoms with Gasteiger partial charge in [0.05, 0.1) is 13.2 Å². The average Bonchev–Trinajstić information content (AvgIpc) is 2.48. The number of aliphatic hydroxyl groups excluding tert-OH is 1. The molecule has 0 amide bonds. The van der Waals surface area contributed by atoms with E-state index in [9.17, 15) is 0 Å². The van der Waals surface area contributed by atoms with E-state index in [1.54, 1.807) is 0 Å². The molecule has 1 saturated heterocycles. The standard InChI is InChI=1S/C16H32N2O2/c1-15(5-10-19)17-13-16(6-3-2-4-7-16)14-18-8-11-20-12-9-18/h15,17,19H,2-14H2,1H3. The smallest absolute Gasteiger partial charge is 0.0594 e. The van der Waals surface area contributed by atoms with Crippen molar-refractivity contribution >= 4 is 0 Å². The Bertz CT molecular complexity index is 261. The third kappa shape index (κ3) is 4.99. The van der Waals surface area contributed by atoms with Crippen molar-refractivity contribution in [3.05, 3.63) is 0 Å². The van der Waals surface area contributed by atoms with E-state index in [0.29, 0.717) is 11.5 Å². The van der Waals surface area contributed by atoms with Gasteiger partial charge in [0.1, 0.15) is 0 Å². The minimum Gasteiger partial charge on any atom is -0.396 e. The maximum atomic E-state index is 9.04. The SMILES string of the molecule is CC(CCO)NCC1(CN2CCOCC2)CCCCC1. The molecule has 1 atom stereocenters. The molecule has 2 fully saturated rings. The Morgan fingerprint density at radius 1 is 1.20 bits per heavy atom. The summed E-state index contributed by atoms with van der Waals surface area (Å²) in [7, 11) is 0. The molecule has 4 heteroatoms. The second kappa shape index (κ2) is 8.32. The molecular weight excluding hydrogens is 252 g/mol. The zero-order valence-corrected chi connectivity index (χ0v) is 13.1. The molecule has 0 aromatic carbocycles. The van der Waals surface area contributed by atoms with Crippen LogP contribution in [0.4, 0.5) is 0 Å². The molecule has 1 aliphatic carbocycles. The number of ether oxygens (including phenoxy) is 1. The summed E-state index contributed by atoms with van der Waals surface area (Å²) in [6, 6.07) is 0.420. The zero-order chi connectivity index (χ0) is 14.3. The fraction of sp³-hybridized carbons (Fsp3) is 1.00. The van der Waals surface area contributed by atoms with Gasteiger partial charge in [0.25, 0.3) is 0 Å². The molecule has 0 spiro atoms. The van der Waals surface area contributed by atoms with Crippen molar-refractivity contribution in [1.82, 2.24) is 10.2 Å². The Labute approximate surface area is 123 Å². The van der Waals surface area contributed by atoms with Crippen LogP contribution in [0.2, 0.25) is 0 Å². The van der Waals surface area contributed by atoms with Crippen molar-refractivity contribution in [2.45, 2.75) is 51.5 Å². The monoisotopic (exact) mass is 284 g/mol. The predicted molar refractivity (Wildman–Crippen MR) is 81.9 cm³/mol. The third-order valence-corrected chi connectivity index (χ3v) is 4.96. The molecule has 0 aromatic rings. The molecule has 2 N–H and O–H groups in total. The van der Waals surface area contributed by atoms with Crippen LogP contribution >= 0.6 is 0 Å². The number of nitrogens with one attached hydrogen (secondary N) is 1. The van der Waals surface area contributed by atoms with Gasteiger partial charge < -0.3 is 15.2 Å². The molecule has 1 aliphatic heterocycles. The van der Waals surface area contributed by atoms with Crippen LogP contribution < -0.4 is 5.32 Å². The van der Waals surface area contributed by atoms with Gasteiger partial charge in [-0.15, -0.1) is 0 Å². The Hall–Kier alpha value is -0.160. The van der Waals surface area contributed by atoms with Gasteiger partial charge in [-0.05, 0) is 31.6 Å². The normalized spacial score (nSPS) is 25.5. The maximum absolute atomic E-state index is 9.04. The molecule has 1 saturated carbocycles. The van der Waals surface area contributed by atoms with Gasteiger partial charge in [0, 0.05) is 38.8 Å². The van der Waals surface area contributed by atoms with Crippen LogP contribution in [0, 0.1) is 5.41 Å². The van der Waals surface area contributed by atoms with Gasteiger partial charge in [0.2, 0.25) is 0 Å². The van der Waals surface area contributed by atoms with Crippen molar-refractivity contribution in [3.8, 4) is 0 Å². The summed E-state index contributed by atoms with van der Waals surface area (Å²) in [4.78, 5) is 2.59. The first-order chi connectivity index (χ1) is 9.74. The van der Waals surface area contributed by atoms with Gasteiger partial charge in [-0.3, -0.25) is 4.90 Å². The van der Waals surface area contributed by atoms with E-state index in [-0.39, 0.29) is 6.61 Å². The van der Waals surface area contributed by atoms with E-state index in [1.165, 1.54) is 38.6 Å². The summed E-state index contributed by atoms with van der Waals surface area (Å²) < 4.78 is 5.47. The van der Waals surface area contributed by atoms with E-state index in [1.807, 2.05) is 0 Å². The molecule has 0 bridgehead atoms. The lowest BCUT2D eigenvalue weighted by atomic mass is 9.73. The van der Waals surface area contributed by atoms with Crippen LogP contribution in [0.25, 0.3) is 0 Å². The molecule has 118 valence electrons. The Morgan fingerprint density at radius 2 is 1.90 bits per heavy atom. The molecule has 2 rings (SSSR count). The lowest BCUT2D eigenvalue weighted by Crippen LogP contribution is -2.49. The molecule has 20 heavy (non-hydrogen) atoms. The highest BCUT2D eigenvalue weighted by molar-refractivity contribution is 4.89. The summed E-state index contributed by atoms with van der Waals surface area (Å²) in [5.74, 6) is 0. The minimum atomic E-state index is 0.282. The lowest BCUT2D eigenvalue weighted by Gasteiger charge is -2.43. The fourth-order valence-electron chi connectivity index (χ4n) is 3.61. The van der Waals surface area contributed by atoms with Gasteiger partial charge in [-0.1, -0.05) is 19.3 Å². The van der Waals surface area contributed by atoms with Crippen LogP contribution in [-0.2, 0) is 4.74 Å². The number of nitrogens with zero attached hydrogens (tertiary/aromatic N) is 1. The second-order valence-corrected chi connectivity index (χ2v) is 6.74. The molecule has 4 nitrogen and oxygen atoms in total. The van der Waals surface area contributed by atoms with Gasteiger partial charge in [-0.25, -0.2) is 0 Å². The highest BCUT2D eigenvalue weighted by Gasteiger charge is 2.34. The van der Waals surface area contributed by atoms with Crippen LogP contribution in [-0.4, -0.2) is 62.0 Å². The first kappa shape index (κ1) is 16.2. The number of hydrogen-bond acceptors (Lipinski definition) is 4. The maximum Gasteiger partial charge on any atom is 0.0594 e. The number of hydrogen-bond donors (Lipinski definition) is 2. The number of rotatable bonds is 7. The minimum absolute atomic E-state index is 0.282. The second-order valence-electron chi connectivity index (χ2n) is 6.74. The van der Waals surface area contributed by atoms with Crippen LogP contribution in [0.3, 0.4) is 0 Å². The summed E-state index contributed by atoms with van der Waals surface area (Å²) in [5, 5.41) is 12.7. The van der Waals surface area contributed by atoms with Crippen LogP contribution in [0.1, 0.15) is 45.4 Å². The topological polar surface area (TPSA) is 44.7 Å². The quantitative estimate of drug-likeness (QED) is 0.746. The van der Waals surface area contributed by atoms with Gasteiger partial charge in [0.15, 0.2) is 0 Å². The molecule has 1 heterocycles. The summed E-state index contributed by atoms with van der Waals surface area (Å²) in [6.45, 7) is 8.75. The highest BCUT2D eigenvalue weighted by atomic mass is 16.5. The fourth-order valence-corrected chi connectivity index (χ4v) is 3.61. The Morgan fingerprint density at radius 3 is 2.55 bits per heavy atom. The third-order valence-electron chi connectivity index (χ3n) is 4.96. The molecule has 0 aromatic heterocycles. The van der Waals surface area contributed by atoms with E-state index in [2.05, 4.69) is 17.1 Å². The van der Waals surface area contributed by atoms with Gasteiger partial charge in [-0.2, -0.15) is 0 Å². The van der Waals surface area contributed by atoms with E-state index < -0.39 is 0 Å². The van der Waals surface area contributed by atoms with Gasteiger partial charge >= 0.3 is 0 Å². The van der Waals surface area contributed by atoms with Crippen molar-refractivity contribution in [2.75, 3.05) is 46.0 Å². The van der Waals surface area contributed by atoms with Crippen molar-refractivity contribution in [3.63, 3.8) is 0 Å². The molecule has 2 aliphatic rings. The number of aliphatic hydroxyl groups is 1. The van der Waals surface area contributed by atoms with Crippen molar-refractivity contribution in [1.29, 1.82) is 0 Å². The van der Waals surface area contributed by atoms with Crippen LogP contribution in [0.15, 0.2) is 0 Å². The first-order valence-corrected chi connectivity index (χ1v) is 8.38. The summed E-state index contributed by atoms with van der Waals surface area (Å²) >= 11 is 0. The molecule has 1 unspecified atom stereocenters. The molecule has 0 radical (unpaired) electrons. The zero-order valence-electron chi connectivity index (χ0n) is 13.1. The number of morpholine rings is 1. The average molecular weight is 284 g/mol.